The van der Waals surface area contributed by atoms with E-state index >= 15 is 0 Å². The van der Waals surface area contributed by atoms with Gasteiger partial charge in [0.05, 0.1) is 23.6 Å². The molecule has 0 unspecified atom stereocenters. The van der Waals surface area contributed by atoms with Crippen molar-refractivity contribution in [2.45, 2.75) is 54.6 Å². The first kappa shape index (κ1) is 28.4. The van der Waals surface area contributed by atoms with Crippen molar-refractivity contribution >= 4 is 29.1 Å². The van der Waals surface area contributed by atoms with Gasteiger partial charge in [0.2, 0.25) is 0 Å². The predicted molar refractivity (Wildman–Crippen MR) is 158 cm³/mol. The van der Waals surface area contributed by atoms with E-state index < -0.39 is 24.5 Å². The lowest BCUT2D eigenvalue weighted by Gasteiger charge is -2.50. The molecular formula is C31H37ClN2O4S. The molecule has 1 saturated heterocycles. The summed E-state index contributed by atoms with van der Waals surface area (Å²) in [5.41, 5.74) is 3.03. The Balaban J connectivity index is 1.39. The fourth-order valence-electron chi connectivity index (χ4n) is 5.40. The van der Waals surface area contributed by atoms with E-state index in [1.807, 2.05) is 78.9 Å². The number of aliphatic hydroxyl groups excluding tert-OH is 2. The number of likely N-dealkylation sites (N-methyl/N-ethyl adjacent to an activating group) is 1. The molecule has 0 radical (unpaired) electrons. The highest BCUT2D eigenvalue weighted by Crippen LogP contribution is 2.47. The zero-order valence-electron chi connectivity index (χ0n) is 22.4. The maximum absolute atomic E-state index is 11.3. The average molecular weight is 569 g/mol. The van der Waals surface area contributed by atoms with Gasteiger partial charge in [0.1, 0.15) is 24.5 Å². The van der Waals surface area contributed by atoms with Crippen LogP contribution in [0.25, 0.3) is 0 Å². The minimum atomic E-state index is -1.08. The van der Waals surface area contributed by atoms with Gasteiger partial charge in [-0.05, 0) is 42.4 Å². The summed E-state index contributed by atoms with van der Waals surface area (Å²) in [6.45, 7) is 7.91. The van der Waals surface area contributed by atoms with Crippen LogP contribution in [0.2, 0.25) is 5.02 Å². The molecule has 2 N–H and O–H groups in total. The molecule has 0 saturated carbocycles. The van der Waals surface area contributed by atoms with Crippen molar-refractivity contribution in [3.05, 3.63) is 95.0 Å². The molecule has 8 heteroatoms. The Morgan fingerprint density at radius 2 is 1.59 bits per heavy atom. The molecule has 0 amide bonds. The third-order valence-corrected chi connectivity index (χ3v) is 9.26. The Morgan fingerprint density at radius 3 is 2.21 bits per heavy atom. The number of anilines is 1. The van der Waals surface area contributed by atoms with Gasteiger partial charge in [-0.25, -0.2) is 0 Å². The van der Waals surface area contributed by atoms with E-state index in [1.165, 1.54) is 0 Å². The number of ether oxygens (including phenoxy) is 2. The van der Waals surface area contributed by atoms with Gasteiger partial charge in [0.25, 0.3) is 0 Å². The minimum absolute atomic E-state index is 0.132. The van der Waals surface area contributed by atoms with Crippen LogP contribution in [-0.2, 0) is 9.47 Å². The largest absolute Gasteiger partial charge is 0.389 e. The highest BCUT2D eigenvalue weighted by atomic mass is 35.5. The number of nitrogens with zero attached hydrogens (tertiary/aromatic N) is 2. The maximum Gasteiger partial charge on any atom is 0.145 e. The molecule has 0 aromatic heterocycles. The standard InChI is InChI=1S/C31H37ClN2O4S/c1-3-33(4-2)17-18-34-24-19-23(32)15-16-26(24)39-30-28(36)27(35)25(38-31(30)34)20-37-29(21-11-7-5-8-12-21)22-13-9-6-10-14-22/h5-16,19,25,27-31,35-36H,3-4,17-18,20H2,1-2H3/t25-,27-,28+,30+,31-/m1/s1. The molecule has 5 rings (SSSR count). The molecule has 3 aromatic rings. The molecule has 2 aliphatic rings. The summed E-state index contributed by atoms with van der Waals surface area (Å²) in [4.78, 5) is 5.59. The van der Waals surface area contributed by atoms with E-state index in [0.717, 1.165) is 41.3 Å². The van der Waals surface area contributed by atoms with Crippen LogP contribution in [0.15, 0.2) is 83.8 Å². The summed E-state index contributed by atoms with van der Waals surface area (Å²) in [5.74, 6) is 0. The summed E-state index contributed by atoms with van der Waals surface area (Å²) < 4.78 is 13.1. The third-order valence-electron chi connectivity index (χ3n) is 7.65. The van der Waals surface area contributed by atoms with Crippen molar-refractivity contribution in [2.75, 3.05) is 37.7 Å². The monoisotopic (exact) mass is 568 g/mol. The number of hydrogen-bond acceptors (Lipinski definition) is 7. The van der Waals surface area contributed by atoms with Crippen LogP contribution in [-0.4, -0.2) is 77.7 Å². The second kappa shape index (κ2) is 13.0. The Morgan fingerprint density at radius 1 is 0.949 bits per heavy atom. The van der Waals surface area contributed by atoms with Crippen molar-refractivity contribution in [3.8, 4) is 0 Å². The quantitative estimate of drug-likeness (QED) is 0.348. The second-order valence-corrected chi connectivity index (χ2v) is 11.7. The fourth-order valence-corrected chi connectivity index (χ4v) is 6.93. The smallest absolute Gasteiger partial charge is 0.145 e. The summed E-state index contributed by atoms with van der Waals surface area (Å²) in [5, 5.41) is 22.8. The van der Waals surface area contributed by atoms with Crippen molar-refractivity contribution in [3.63, 3.8) is 0 Å². The van der Waals surface area contributed by atoms with E-state index in [9.17, 15) is 10.2 Å². The zero-order chi connectivity index (χ0) is 27.4. The summed E-state index contributed by atoms with van der Waals surface area (Å²) >= 11 is 7.96. The summed E-state index contributed by atoms with van der Waals surface area (Å²) in [6, 6.07) is 25.9. The van der Waals surface area contributed by atoms with Crippen LogP contribution < -0.4 is 4.90 Å². The van der Waals surface area contributed by atoms with E-state index in [4.69, 9.17) is 21.1 Å². The lowest BCUT2D eigenvalue weighted by molar-refractivity contribution is -0.185. The van der Waals surface area contributed by atoms with Gasteiger partial charge < -0.3 is 29.5 Å². The van der Waals surface area contributed by atoms with Crippen LogP contribution in [0.1, 0.15) is 31.1 Å². The van der Waals surface area contributed by atoms with Gasteiger partial charge in [-0.15, -0.1) is 11.8 Å². The number of hydrogen-bond donors (Lipinski definition) is 2. The number of benzene rings is 3. The van der Waals surface area contributed by atoms with Gasteiger partial charge >= 0.3 is 0 Å². The third kappa shape index (κ3) is 6.30. The first-order chi connectivity index (χ1) is 19.0. The van der Waals surface area contributed by atoms with Gasteiger partial charge in [-0.2, -0.15) is 0 Å². The lowest BCUT2D eigenvalue weighted by Crippen LogP contribution is -2.64. The molecule has 0 spiro atoms. The number of halogens is 1. The molecule has 0 bridgehead atoms. The van der Waals surface area contributed by atoms with E-state index in [2.05, 4.69) is 23.6 Å². The molecule has 0 aliphatic carbocycles. The molecule has 1 fully saturated rings. The Kier molecular flexibility index (Phi) is 9.51. The molecule has 208 valence electrons. The molecule has 6 nitrogen and oxygen atoms in total. The second-order valence-electron chi connectivity index (χ2n) is 10.00. The van der Waals surface area contributed by atoms with Gasteiger partial charge in [0, 0.05) is 23.0 Å². The first-order valence-corrected chi connectivity index (χ1v) is 14.9. The Hall–Kier alpha value is -2.10. The van der Waals surface area contributed by atoms with Crippen LogP contribution >= 0.6 is 23.4 Å². The van der Waals surface area contributed by atoms with E-state index in [0.29, 0.717) is 11.6 Å². The minimum Gasteiger partial charge on any atom is -0.389 e. The summed E-state index contributed by atoms with van der Waals surface area (Å²) in [7, 11) is 0. The molecule has 39 heavy (non-hydrogen) atoms. The normalized spacial score (nSPS) is 24.6. The highest BCUT2D eigenvalue weighted by Gasteiger charge is 2.50. The SMILES string of the molecule is CCN(CC)CCN1c2cc(Cl)ccc2S[C@H]2[C@@H](O)[C@H](O)[C@@H](COC(c3ccccc3)c3ccccc3)O[C@H]21. The van der Waals surface area contributed by atoms with Crippen molar-refractivity contribution in [2.24, 2.45) is 0 Å². The summed E-state index contributed by atoms with van der Waals surface area (Å²) in [6.07, 6.45) is -3.51. The zero-order valence-corrected chi connectivity index (χ0v) is 24.0. The lowest BCUT2D eigenvalue weighted by atomic mass is 9.98. The molecule has 2 aliphatic heterocycles. The highest BCUT2D eigenvalue weighted by molar-refractivity contribution is 8.00. The van der Waals surface area contributed by atoms with Crippen LogP contribution in [0.5, 0.6) is 0 Å². The van der Waals surface area contributed by atoms with Crippen molar-refractivity contribution in [1.29, 1.82) is 0 Å². The van der Waals surface area contributed by atoms with Crippen LogP contribution in [0, 0.1) is 0 Å². The maximum atomic E-state index is 11.3. The number of fused-ring (bicyclic) bond motifs is 2. The first-order valence-electron chi connectivity index (χ1n) is 13.7. The molecular weight excluding hydrogens is 532 g/mol. The van der Waals surface area contributed by atoms with E-state index in [1.54, 1.807) is 11.8 Å². The van der Waals surface area contributed by atoms with Gasteiger partial charge in [0.15, 0.2) is 0 Å². The van der Waals surface area contributed by atoms with Crippen molar-refractivity contribution < 1.29 is 19.7 Å². The van der Waals surface area contributed by atoms with Crippen molar-refractivity contribution in [1.82, 2.24) is 4.90 Å². The van der Waals surface area contributed by atoms with Gasteiger partial charge in [-0.3, -0.25) is 0 Å². The number of aliphatic hydroxyl groups is 2. The van der Waals surface area contributed by atoms with E-state index in [-0.39, 0.29) is 18.0 Å². The fraction of sp³-hybridized carbons (Fsp3) is 0.419. The average Bonchev–Trinajstić information content (AvgIpc) is 2.97. The molecule has 3 aromatic carbocycles. The Bertz CT molecular complexity index is 1160. The topological polar surface area (TPSA) is 65.4 Å². The molecule has 2 heterocycles. The van der Waals surface area contributed by atoms with Crippen LogP contribution in [0.3, 0.4) is 0 Å². The Labute approximate surface area is 240 Å². The van der Waals surface area contributed by atoms with Crippen LogP contribution in [0.4, 0.5) is 5.69 Å². The number of rotatable bonds is 10. The number of thioether (sulfide) groups is 1. The predicted octanol–water partition coefficient (Wildman–Crippen LogP) is 5.22. The molecule has 5 atom stereocenters. The van der Waals surface area contributed by atoms with Gasteiger partial charge in [-0.1, -0.05) is 86.1 Å².